The summed E-state index contributed by atoms with van der Waals surface area (Å²) in [6.07, 6.45) is 6.40. The van der Waals surface area contributed by atoms with Gasteiger partial charge in [0.05, 0.1) is 17.8 Å². The van der Waals surface area contributed by atoms with Crippen LogP contribution in [0.15, 0.2) is 18.2 Å². The fourth-order valence-corrected chi connectivity index (χ4v) is 2.22. The first-order chi connectivity index (χ1) is 9.13. The number of carbonyl (C=O) groups excluding carboxylic acids is 2. The Morgan fingerprint density at radius 3 is 2.95 bits per heavy atom. The summed E-state index contributed by atoms with van der Waals surface area (Å²) >= 11 is 5.95. The van der Waals surface area contributed by atoms with Gasteiger partial charge in [-0.25, -0.2) is 0 Å². The number of benzene rings is 1. The SMILES string of the molecule is C#CCNC(=O)c1ccc(Cl)cc1N1CCCC1=O. The molecule has 1 heterocycles. The van der Waals surface area contributed by atoms with Crippen LogP contribution in [-0.4, -0.2) is 24.9 Å². The van der Waals surface area contributed by atoms with E-state index >= 15 is 0 Å². The van der Waals surface area contributed by atoms with Crippen LogP contribution < -0.4 is 10.2 Å². The molecule has 1 saturated heterocycles. The van der Waals surface area contributed by atoms with Crippen LogP contribution in [0.3, 0.4) is 0 Å². The van der Waals surface area contributed by atoms with Gasteiger partial charge in [-0.15, -0.1) is 6.42 Å². The lowest BCUT2D eigenvalue weighted by molar-refractivity contribution is -0.117. The Kier molecular flexibility index (Phi) is 4.08. The van der Waals surface area contributed by atoms with Crippen molar-refractivity contribution in [1.29, 1.82) is 0 Å². The van der Waals surface area contributed by atoms with E-state index in [0.717, 1.165) is 6.42 Å². The summed E-state index contributed by atoms with van der Waals surface area (Å²) in [5.41, 5.74) is 0.958. The standard InChI is InChI=1S/C14H13ClN2O2/c1-2-7-16-14(19)11-6-5-10(15)9-12(11)17-8-3-4-13(17)18/h1,5-6,9H,3-4,7-8H2,(H,16,19). The first-order valence-corrected chi connectivity index (χ1v) is 6.33. The molecule has 0 saturated carbocycles. The molecule has 0 spiro atoms. The second-order valence-electron chi connectivity index (χ2n) is 4.20. The molecule has 19 heavy (non-hydrogen) atoms. The van der Waals surface area contributed by atoms with Gasteiger partial charge in [0.2, 0.25) is 5.91 Å². The van der Waals surface area contributed by atoms with Gasteiger partial charge in [0.15, 0.2) is 0 Å². The largest absolute Gasteiger partial charge is 0.341 e. The fraction of sp³-hybridized carbons (Fsp3) is 0.286. The number of terminal acetylenes is 1. The normalized spacial score (nSPS) is 14.3. The summed E-state index contributed by atoms with van der Waals surface area (Å²) in [6, 6.07) is 4.86. The number of hydrogen-bond acceptors (Lipinski definition) is 2. The quantitative estimate of drug-likeness (QED) is 0.857. The van der Waals surface area contributed by atoms with Gasteiger partial charge in [0.1, 0.15) is 0 Å². The highest BCUT2D eigenvalue weighted by molar-refractivity contribution is 6.31. The number of rotatable bonds is 3. The molecule has 0 aliphatic carbocycles. The molecule has 0 unspecified atom stereocenters. The van der Waals surface area contributed by atoms with Crippen LogP contribution >= 0.6 is 11.6 Å². The van der Waals surface area contributed by atoms with E-state index < -0.39 is 0 Å². The molecule has 0 atom stereocenters. The molecule has 5 heteroatoms. The van der Waals surface area contributed by atoms with Crippen LogP contribution in [0.5, 0.6) is 0 Å². The van der Waals surface area contributed by atoms with Gasteiger partial charge < -0.3 is 10.2 Å². The third-order valence-corrected chi connectivity index (χ3v) is 3.15. The van der Waals surface area contributed by atoms with Crippen molar-refractivity contribution in [1.82, 2.24) is 5.32 Å². The maximum Gasteiger partial charge on any atom is 0.254 e. The third kappa shape index (κ3) is 2.88. The van der Waals surface area contributed by atoms with Crippen LogP contribution in [0.4, 0.5) is 5.69 Å². The highest BCUT2D eigenvalue weighted by Crippen LogP contribution is 2.28. The van der Waals surface area contributed by atoms with Crippen LogP contribution in [0, 0.1) is 12.3 Å². The molecular formula is C14H13ClN2O2. The average Bonchev–Trinajstić information content (AvgIpc) is 2.82. The fourth-order valence-electron chi connectivity index (χ4n) is 2.05. The number of carbonyl (C=O) groups is 2. The van der Waals surface area contributed by atoms with Crippen molar-refractivity contribution in [2.45, 2.75) is 12.8 Å². The van der Waals surface area contributed by atoms with Gasteiger partial charge in [-0.05, 0) is 24.6 Å². The van der Waals surface area contributed by atoms with Crippen LogP contribution in [0.25, 0.3) is 0 Å². The summed E-state index contributed by atoms with van der Waals surface area (Å²) in [6.45, 7) is 0.753. The number of nitrogens with one attached hydrogen (secondary N) is 1. The van der Waals surface area contributed by atoms with E-state index in [9.17, 15) is 9.59 Å². The molecule has 0 aromatic heterocycles. The highest BCUT2D eigenvalue weighted by atomic mass is 35.5. The second-order valence-corrected chi connectivity index (χ2v) is 4.63. The first kappa shape index (κ1) is 13.4. The van der Waals surface area contributed by atoms with Gasteiger partial charge in [-0.1, -0.05) is 17.5 Å². The molecule has 1 N–H and O–H groups in total. The lowest BCUT2D eigenvalue weighted by Gasteiger charge is -2.19. The van der Waals surface area contributed by atoms with E-state index in [1.165, 1.54) is 0 Å². The monoisotopic (exact) mass is 276 g/mol. The zero-order valence-corrected chi connectivity index (χ0v) is 11.0. The van der Waals surface area contributed by atoms with Crippen molar-refractivity contribution in [3.8, 4) is 12.3 Å². The summed E-state index contributed by atoms with van der Waals surface area (Å²) < 4.78 is 0. The van der Waals surface area contributed by atoms with Crippen molar-refractivity contribution in [2.24, 2.45) is 0 Å². The predicted octanol–water partition coefficient (Wildman–Crippen LogP) is 1.83. The molecule has 0 bridgehead atoms. The summed E-state index contributed by atoms with van der Waals surface area (Å²) in [5.74, 6) is 2.05. The Morgan fingerprint density at radius 2 is 2.32 bits per heavy atom. The summed E-state index contributed by atoms with van der Waals surface area (Å²) in [4.78, 5) is 25.4. The van der Waals surface area contributed by atoms with E-state index in [0.29, 0.717) is 29.2 Å². The molecule has 2 amide bonds. The van der Waals surface area contributed by atoms with Gasteiger partial charge >= 0.3 is 0 Å². The van der Waals surface area contributed by atoms with Crippen LogP contribution in [0.1, 0.15) is 23.2 Å². The van der Waals surface area contributed by atoms with Gasteiger partial charge in [0, 0.05) is 18.0 Å². The summed E-state index contributed by atoms with van der Waals surface area (Å²) in [7, 11) is 0. The minimum absolute atomic E-state index is 0.00765. The zero-order valence-electron chi connectivity index (χ0n) is 10.3. The van der Waals surface area contributed by atoms with Crippen LogP contribution in [0.2, 0.25) is 5.02 Å². The number of hydrogen-bond donors (Lipinski definition) is 1. The second kappa shape index (κ2) is 5.77. The Balaban J connectivity index is 2.35. The van der Waals surface area contributed by atoms with E-state index in [1.54, 1.807) is 23.1 Å². The Hall–Kier alpha value is -1.99. The van der Waals surface area contributed by atoms with Crippen molar-refractivity contribution in [3.63, 3.8) is 0 Å². The maximum atomic E-state index is 12.0. The smallest absolute Gasteiger partial charge is 0.254 e. The van der Waals surface area contributed by atoms with Crippen molar-refractivity contribution >= 4 is 29.1 Å². The minimum atomic E-state index is -0.302. The summed E-state index contributed by atoms with van der Waals surface area (Å²) in [5, 5.41) is 3.08. The van der Waals surface area contributed by atoms with Gasteiger partial charge in [-0.2, -0.15) is 0 Å². The molecule has 1 aromatic carbocycles. The van der Waals surface area contributed by atoms with Crippen molar-refractivity contribution < 1.29 is 9.59 Å². The van der Waals surface area contributed by atoms with E-state index in [-0.39, 0.29) is 18.4 Å². The molecule has 0 radical (unpaired) electrons. The van der Waals surface area contributed by atoms with Crippen molar-refractivity contribution in [3.05, 3.63) is 28.8 Å². The van der Waals surface area contributed by atoms with E-state index in [4.69, 9.17) is 18.0 Å². The highest BCUT2D eigenvalue weighted by Gasteiger charge is 2.25. The van der Waals surface area contributed by atoms with Gasteiger partial charge in [-0.3, -0.25) is 9.59 Å². The zero-order chi connectivity index (χ0) is 13.8. The molecule has 1 aliphatic rings. The Bertz CT molecular complexity index is 563. The lowest BCUT2D eigenvalue weighted by Crippen LogP contribution is -2.29. The molecule has 4 nitrogen and oxygen atoms in total. The number of nitrogens with zero attached hydrogens (tertiary/aromatic N) is 1. The lowest BCUT2D eigenvalue weighted by atomic mass is 10.1. The molecule has 1 aliphatic heterocycles. The minimum Gasteiger partial charge on any atom is -0.341 e. The molecule has 1 aromatic rings. The average molecular weight is 277 g/mol. The van der Waals surface area contributed by atoms with E-state index in [2.05, 4.69) is 11.2 Å². The predicted molar refractivity (Wildman–Crippen MR) is 74.2 cm³/mol. The third-order valence-electron chi connectivity index (χ3n) is 2.92. The Morgan fingerprint density at radius 1 is 1.53 bits per heavy atom. The van der Waals surface area contributed by atoms with Crippen LogP contribution in [-0.2, 0) is 4.79 Å². The van der Waals surface area contributed by atoms with Crippen molar-refractivity contribution in [2.75, 3.05) is 18.0 Å². The first-order valence-electron chi connectivity index (χ1n) is 5.95. The topological polar surface area (TPSA) is 49.4 Å². The number of anilines is 1. The molecule has 1 fully saturated rings. The molecule has 98 valence electrons. The maximum absolute atomic E-state index is 12.0. The van der Waals surface area contributed by atoms with E-state index in [1.807, 2.05) is 0 Å². The Labute approximate surface area is 116 Å². The molecular weight excluding hydrogens is 264 g/mol. The van der Waals surface area contributed by atoms with Gasteiger partial charge in [0.25, 0.3) is 5.91 Å². The molecule has 2 rings (SSSR count). The number of amides is 2. The number of halogens is 1.